The molecular weight excluding hydrogens is 390 g/mol. The van der Waals surface area contributed by atoms with E-state index in [4.69, 9.17) is 4.74 Å². The van der Waals surface area contributed by atoms with E-state index in [9.17, 15) is 4.79 Å². The van der Waals surface area contributed by atoms with Crippen LogP contribution in [-0.4, -0.2) is 30.1 Å². The van der Waals surface area contributed by atoms with E-state index in [1.54, 1.807) is 12.1 Å². The van der Waals surface area contributed by atoms with Crippen molar-refractivity contribution < 1.29 is 9.53 Å². The molecule has 1 fully saturated rings. The normalized spacial score (nSPS) is 15.5. The molecule has 0 N–H and O–H groups in total. The molecule has 0 atom stereocenters. The highest BCUT2D eigenvalue weighted by molar-refractivity contribution is 9.10. The van der Waals surface area contributed by atoms with Crippen LogP contribution >= 0.6 is 28.3 Å². The largest absolute Gasteiger partial charge is 0.459 e. The molecule has 0 spiro atoms. The smallest absolute Gasteiger partial charge is 0.338 e. The highest BCUT2D eigenvalue weighted by atomic mass is 79.9. The molecule has 3 rings (SSSR count). The number of ether oxygens (including phenoxy) is 1. The van der Waals surface area contributed by atoms with E-state index < -0.39 is 0 Å². The van der Waals surface area contributed by atoms with E-state index in [1.807, 2.05) is 18.2 Å². The van der Waals surface area contributed by atoms with Crippen molar-refractivity contribution in [2.24, 2.45) is 0 Å². The quantitative estimate of drug-likeness (QED) is 0.685. The van der Waals surface area contributed by atoms with E-state index >= 15 is 0 Å². The maximum atomic E-state index is 12.2. The van der Waals surface area contributed by atoms with Gasteiger partial charge in [-0.25, -0.2) is 4.79 Å². The Morgan fingerprint density at radius 2 is 1.79 bits per heavy atom. The highest BCUT2D eigenvalue weighted by Gasteiger charge is 2.22. The SMILES string of the molecule is Cl.O=C(OC1CCN(Cc2ccccc2)CC1)c1cccc(Br)c1. The summed E-state index contributed by atoms with van der Waals surface area (Å²) in [7, 11) is 0. The van der Waals surface area contributed by atoms with Crippen LogP contribution in [0.15, 0.2) is 59.1 Å². The number of esters is 1. The van der Waals surface area contributed by atoms with Crippen LogP contribution < -0.4 is 0 Å². The predicted molar refractivity (Wildman–Crippen MR) is 102 cm³/mol. The van der Waals surface area contributed by atoms with E-state index in [-0.39, 0.29) is 24.5 Å². The fourth-order valence-electron chi connectivity index (χ4n) is 2.86. The Hall–Kier alpha value is -1.36. The van der Waals surface area contributed by atoms with Crippen LogP contribution in [-0.2, 0) is 11.3 Å². The second kappa shape index (κ2) is 9.21. The van der Waals surface area contributed by atoms with Gasteiger partial charge in [-0.05, 0) is 36.6 Å². The molecule has 3 nitrogen and oxygen atoms in total. The van der Waals surface area contributed by atoms with Crippen molar-refractivity contribution in [3.05, 3.63) is 70.2 Å². The Bertz CT molecular complexity index is 657. The third-order valence-electron chi connectivity index (χ3n) is 4.12. The molecule has 2 aromatic rings. The van der Waals surface area contributed by atoms with Crippen LogP contribution in [0.25, 0.3) is 0 Å². The number of rotatable bonds is 4. The van der Waals surface area contributed by atoms with Crippen LogP contribution in [0.5, 0.6) is 0 Å². The maximum Gasteiger partial charge on any atom is 0.338 e. The van der Waals surface area contributed by atoms with Crippen molar-refractivity contribution in [3.8, 4) is 0 Å². The highest BCUT2D eigenvalue weighted by Crippen LogP contribution is 2.19. The number of benzene rings is 2. The van der Waals surface area contributed by atoms with Gasteiger partial charge in [0.2, 0.25) is 0 Å². The lowest BCUT2D eigenvalue weighted by Crippen LogP contribution is -2.37. The molecule has 0 radical (unpaired) electrons. The molecule has 24 heavy (non-hydrogen) atoms. The summed E-state index contributed by atoms with van der Waals surface area (Å²) in [6.07, 6.45) is 1.81. The number of piperidine rings is 1. The van der Waals surface area contributed by atoms with E-state index in [1.165, 1.54) is 5.56 Å². The number of carbonyl (C=O) groups is 1. The average Bonchev–Trinajstić information content (AvgIpc) is 2.57. The molecule has 0 saturated carbocycles. The van der Waals surface area contributed by atoms with Gasteiger partial charge in [-0.3, -0.25) is 4.90 Å². The first-order valence-electron chi connectivity index (χ1n) is 7.93. The zero-order valence-corrected chi connectivity index (χ0v) is 15.8. The second-order valence-electron chi connectivity index (χ2n) is 5.88. The molecule has 5 heteroatoms. The molecule has 2 aromatic carbocycles. The zero-order chi connectivity index (χ0) is 16.1. The molecule has 1 aliphatic heterocycles. The molecule has 0 aliphatic carbocycles. The fraction of sp³-hybridized carbons (Fsp3) is 0.316. The Balaban J connectivity index is 0.00000208. The maximum absolute atomic E-state index is 12.2. The van der Waals surface area contributed by atoms with Crippen molar-refractivity contribution in [3.63, 3.8) is 0 Å². The molecule has 0 bridgehead atoms. The summed E-state index contributed by atoms with van der Waals surface area (Å²) >= 11 is 3.38. The van der Waals surface area contributed by atoms with Gasteiger partial charge < -0.3 is 4.74 Å². The summed E-state index contributed by atoms with van der Waals surface area (Å²) in [5.41, 5.74) is 1.93. The number of hydrogen-bond donors (Lipinski definition) is 0. The average molecular weight is 411 g/mol. The lowest BCUT2D eigenvalue weighted by atomic mass is 10.1. The van der Waals surface area contributed by atoms with E-state index in [0.717, 1.165) is 36.9 Å². The number of halogens is 2. The summed E-state index contributed by atoms with van der Waals surface area (Å²) < 4.78 is 6.54. The molecular formula is C19H21BrClNO2. The van der Waals surface area contributed by atoms with Gasteiger partial charge in [-0.1, -0.05) is 52.3 Å². The predicted octanol–water partition coefficient (Wildman–Crippen LogP) is 4.69. The van der Waals surface area contributed by atoms with E-state index in [0.29, 0.717) is 5.56 Å². The van der Waals surface area contributed by atoms with Gasteiger partial charge in [0.25, 0.3) is 0 Å². The summed E-state index contributed by atoms with van der Waals surface area (Å²) in [4.78, 5) is 14.6. The van der Waals surface area contributed by atoms with Gasteiger partial charge in [0.1, 0.15) is 6.10 Å². The molecule has 1 saturated heterocycles. The zero-order valence-electron chi connectivity index (χ0n) is 13.4. The van der Waals surface area contributed by atoms with Gasteiger partial charge in [-0.2, -0.15) is 0 Å². The monoisotopic (exact) mass is 409 g/mol. The first-order chi connectivity index (χ1) is 11.2. The topological polar surface area (TPSA) is 29.5 Å². The third-order valence-corrected chi connectivity index (χ3v) is 4.61. The first kappa shape index (κ1) is 19.0. The number of hydrogen-bond acceptors (Lipinski definition) is 3. The van der Waals surface area contributed by atoms with Crippen molar-refractivity contribution in [2.75, 3.05) is 13.1 Å². The molecule has 0 amide bonds. The molecule has 1 aliphatic rings. The van der Waals surface area contributed by atoms with E-state index in [2.05, 4.69) is 45.1 Å². The Kier molecular flexibility index (Phi) is 7.28. The summed E-state index contributed by atoms with van der Waals surface area (Å²) in [5.74, 6) is -0.229. The lowest BCUT2D eigenvalue weighted by Gasteiger charge is -2.31. The van der Waals surface area contributed by atoms with Gasteiger partial charge in [0.05, 0.1) is 5.56 Å². The van der Waals surface area contributed by atoms with Gasteiger partial charge in [0.15, 0.2) is 0 Å². The Morgan fingerprint density at radius 1 is 1.08 bits per heavy atom. The van der Waals surface area contributed by atoms with Crippen molar-refractivity contribution in [2.45, 2.75) is 25.5 Å². The number of likely N-dealkylation sites (tertiary alicyclic amines) is 1. The molecule has 0 aromatic heterocycles. The van der Waals surface area contributed by atoms with Crippen LogP contribution in [0.3, 0.4) is 0 Å². The van der Waals surface area contributed by atoms with Crippen molar-refractivity contribution in [1.82, 2.24) is 4.90 Å². The Morgan fingerprint density at radius 3 is 2.46 bits per heavy atom. The standard InChI is InChI=1S/C19H20BrNO2.ClH/c20-17-8-4-7-16(13-17)19(22)23-18-9-11-21(12-10-18)14-15-5-2-1-3-6-15;/h1-8,13,18H,9-12,14H2;1H. The summed E-state index contributed by atoms with van der Waals surface area (Å²) in [5, 5.41) is 0. The van der Waals surface area contributed by atoms with Gasteiger partial charge in [-0.15, -0.1) is 12.4 Å². The lowest BCUT2D eigenvalue weighted by molar-refractivity contribution is 0.0104. The minimum atomic E-state index is -0.229. The third kappa shape index (κ3) is 5.33. The molecule has 0 unspecified atom stereocenters. The first-order valence-corrected chi connectivity index (χ1v) is 8.73. The number of nitrogens with zero attached hydrogens (tertiary/aromatic N) is 1. The van der Waals surface area contributed by atoms with Crippen LogP contribution in [0.4, 0.5) is 0 Å². The second-order valence-corrected chi connectivity index (χ2v) is 6.79. The molecule has 128 valence electrons. The Labute approximate surface area is 157 Å². The molecule has 1 heterocycles. The van der Waals surface area contributed by atoms with Crippen molar-refractivity contribution >= 4 is 34.3 Å². The summed E-state index contributed by atoms with van der Waals surface area (Å²) in [6, 6.07) is 17.8. The van der Waals surface area contributed by atoms with Gasteiger partial charge in [0, 0.05) is 24.1 Å². The number of carbonyl (C=O) groups excluding carboxylic acids is 1. The van der Waals surface area contributed by atoms with Crippen LogP contribution in [0.1, 0.15) is 28.8 Å². The van der Waals surface area contributed by atoms with Crippen LogP contribution in [0, 0.1) is 0 Å². The minimum Gasteiger partial charge on any atom is -0.459 e. The van der Waals surface area contributed by atoms with Gasteiger partial charge >= 0.3 is 5.97 Å². The fourth-order valence-corrected chi connectivity index (χ4v) is 3.26. The minimum absolute atomic E-state index is 0. The summed E-state index contributed by atoms with van der Waals surface area (Å²) in [6.45, 7) is 2.89. The van der Waals surface area contributed by atoms with Crippen molar-refractivity contribution in [1.29, 1.82) is 0 Å². The van der Waals surface area contributed by atoms with Crippen LogP contribution in [0.2, 0.25) is 0 Å².